The lowest BCUT2D eigenvalue weighted by Crippen LogP contribution is -2.56. The highest BCUT2D eigenvalue weighted by Crippen LogP contribution is 2.45. The van der Waals surface area contributed by atoms with E-state index in [0.29, 0.717) is 11.1 Å². The van der Waals surface area contributed by atoms with Gasteiger partial charge in [-0.3, -0.25) is 0 Å². The van der Waals surface area contributed by atoms with E-state index in [4.69, 9.17) is 10.8 Å². The molecule has 0 unspecified atom stereocenters. The van der Waals surface area contributed by atoms with Gasteiger partial charge in [-0.15, -0.1) is 0 Å². The largest absolute Gasteiger partial charge is 0.478 e. The van der Waals surface area contributed by atoms with Crippen molar-refractivity contribution in [3.05, 3.63) is 23.8 Å². The molecule has 0 aromatic heterocycles. The maximum Gasteiger partial charge on any atom is 0.335 e. The van der Waals surface area contributed by atoms with E-state index in [1.807, 2.05) is 6.07 Å². The number of anilines is 2. The van der Waals surface area contributed by atoms with Crippen LogP contribution >= 0.6 is 0 Å². The SMILES string of the molecule is Nc1cc(C(=O)O)ccc1N1CC2(CCCCCC2)C1. The van der Waals surface area contributed by atoms with Crippen LogP contribution in [0.25, 0.3) is 0 Å². The van der Waals surface area contributed by atoms with Crippen LogP contribution in [0.2, 0.25) is 0 Å². The third kappa shape index (κ3) is 2.35. The van der Waals surface area contributed by atoms with E-state index in [1.165, 1.54) is 38.5 Å². The number of nitrogens with zero attached hydrogens (tertiary/aromatic N) is 1. The van der Waals surface area contributed by atoms with Gasteiger partial charge in [-0.05, 0) is 31.0 Å². The lowest BCUT2D eigenvalue weighted by atomic mass is 9.73. The number of aromatic carboxylic acids is 1. The van der Waals surface area contributed by atoms with Crippen LogP contribution in [0.1, 0.15) is 48.9 Å². The summed E-state index contributed by atoms with van der Waals surface area (Å²) in [6.45, 7) is 2.15. The molecule has 0 bridgehead atoms. The van der Waals surface area contributed by atoms with Crippen molar-refractivity contribution < 1.29 is 9.90 Å². The summed E-state index contributed by atoms with van der Waals surface area (Å²) >= 11 is 0. The Bertz CT molecular complexity index is 511. The fourth-order valence-corrected chi connectivity index (χ4v) is 3.70. The summed E-state index contributed by atoms with van der Waals surface area (Å²) in [5, 5.41) is 8.97. The van der Waals surface area contributed by atoms with E-state index in [-0.39, 0.29) is 5.56 Å². The van der Waals surface area contributed by atoms with Gasteiger partial charge < -0.3 is 15.7 Å². The quantitative estimate of drug-likeness (QED) is 0.813. The molecule has 2 fully saturated rings. The van der Waals surface area contributed by atoms with Crippen molar-refractivity contribution in [2.45, 2.75) is 38.5 Å². The molecule has 0 radical (unpaired) electrons. The first-order valence-corrected chi connectivity index (χ1v) is 7.47. The van der Waals surface area contributed by atoms with E-state index in [2.05, 4.69) is 4.90 Å². The number of benzene rings is 1. The standard InChI is InChI=1S/C16H22N2O2/c17-13-9-12(15(19)20)5-6-14(13)18-10-16(11-18)7-3-1-2-4-8-16/h5-6,9H,1-4,7-8,10-11,17H2,(H,19,20). The molecule has 1 saturated heterocycles. The average Bonchev–Trinajstić information content (AvgIpc) is 2.62. The fourth-order valence-electron chi connectivity index (χ4n) is 3.70. The Morgan fingerprint density at radius 2 is 1.80 bits per heavy atom. The Labute approximate surface area is 119 Å². The Morgan fingerprint density at radius 3 is 2.35 bits per heavy atom. The van der Waals surface area contributed by atoms with Gasteiger partial charge in [0.1, 0.15) is 0 Å². The maximum absolute atomic E-state index is 10.9. The zero-order valence-corrected chi connectivity index (χ0v) is 11.8. The van der Waals surface area contributed by atoms with Gasteiger partial charge in [0.2, 0.25) is 0 Å². The molecule has 1 aromatic carbocycles. The number of carboxylic acid groups (broad SMARTS) is 1. The number of hydrogen-bond acceptors (Lipinski definition) is 3. The number of carboxylic acids is 1. The van der Waals surface area contributed by atoms with Crippen molar-refractivity contribution >= 4 is 17.3 Å². The normalized spacial score (nSPS) is 21.3. The van der Waals surface area contributed by atoms with Gasteiger partial charge in [-0.25, -0.2) is 4.79 Å². The zero-order chi connectivity index (χ0) is 14.2. The van der Waals surface area contributed by atoms with Crippen LogP contribution in [0.4, 0.5) is 11.4 Å². The first kappa shape index (κ1) is 13.3. The molecule has 0 amide bonds. The molecule has 1 spiro atoms. The van der Waals surface area contributed by atoms with Crippen LogP contribution in [-0.2, 0) is 0 Å². The van der Waals surface area contributed by atoms with Crippen molar-refractivity contribution in [1.82, 2.24) is 0 Å². The first-order valence-electron chi connectivity index (χ1n) is 7.47. The average molecular weight is 274 g/mol. The molecule has 1 aliphatic heterocycles. The minimum atomic E-state index is -0.924. The summed E-state index contributed by atoms with van der Waals surface area (Å²) < 4.78 is 0. The van der Waals surface area contributed by atoms with Crippen molar-refractivity contribution in [2.24, 2.45) is 5.41 Å². The summed E-state index contributed by atoms with van der Waals surface area (Å²) in [5.41, 5.74) is 8.34. The number of nitrogens with two attached hydrogens (primary N) is 1. The van der Waals surface area contributed by atoms with E-state index in [1.54, 1.807) is 12.1 Å². The summed E-state index contributed by atoms with van der Waals surface area (Å²) in [5.74, 6) is -0.924. The second-order valence-corrected chi connectivity index (χ2v) is 6.35. The van der Waals surface area contributed by atoms with Crippen molar-refractivity contribution in [2.75, 3.05) is 23.7 Å². The second kappa shape index (κ2) is 5.00. The number of carbonyl (C=O) groups is 1. The van der Waals surface area contributed by atoms with Crippen molar-refractivity contribution in [3.63, 3.8) is 0 Å². The van der Waals surface area contributed by atoms with E-state index in [0.717, 1.165) is 18.8 Å². The molecule has 108 valence electrons. The van der Waals surface area contributed by atoms with Gasteiger partial charge in [-0.2, -0.15) is 0 Å². The Balaban J connectivity index is 1.71. The van der Waals surface area contributed by atoms with Gasteiger partial charge in [0, 0.05) is 18.5 Å². The summed E-state index contributed by atoms with van der Waals surface area (Å²) in [6, 6.07) is 5.06. The van der Waals surface area contributed by atoms with Gasteiger partial charge in [0.15, 0.2) is 0 Å². The van der Waals surface area contributed by atoms with Crippen LogP contribution in [0, 0.1) is 5.41 Å². The molecule has 0 atom stereocenters. The van der Waals surface area contributed by atoms with Crippen LogP contribution in [0.3, 0.4) is 0 Å². The topological polar surface area (TPSA) is 66.6 Å². The van der Waals surface area contributed by atoms with Crippen LogP contribution < -0.4 is 10.6 Å². The third-order valence-corrected chi connectivity index (χ3v) is 4.83. The Kier molecular flexibility index (Phi) is 3.32. The van der Waals surface area contributed by atoms with Crippen molar-refractivity contribution in [1.29, 1.82) is 0 Å². The van der Waals surface area contributed by atoms with Crippen LogP contribution in [0.15, 0.2) is 18.2 Å². The smallest absolute Gasteiger partial charge is 0.335 e. The number of rotatable bonds is 2. The highest BCUT2D eigenvalue weighted by Gasteiger charge is 2.43. The molecular formula is C16H22N2O2. The molecule has 1 saturated carbocycles. The predicted octanol–water partition coefficient (Wildman–Crippen LogP) is 3.13. The first-order chi connectivity index (χ1) is 9.60. The maximum atomic E-state index is 10.9. The molecule has 3 rings (SSSR count). The molecule has 4 nitrogen and oxygen atoms in total. The minimum absolute atomic E-state index is 0.260. The molecule has 1 heterocycles. The van der Waals surface area contributed by atoms with Gasteiger partial charge in [-0.1, -0.05) is 25.7 Å². The summed E-state index contributed by atoms with van der Waals surface area (Å²) in [7, 11) is 0. The summed E-state index contributed by atoms with van der Waals surface area (Å²) in [4.78, 5) is 13.2. The fraction of sp³-hybridized carbons (Fsp3) is 0.562. The van der Waals surface area contributed by atoms with E-state index >= 15 is 0 Å². The van der Waals surface area contributed by atoms with Gasteiger partial charge in [0.05, 0.1) is 16.9 Å². The Hall–Kier alpha value is -1.71. The van der Waals surface area contributed by atoms with Crippen LogP contribution in [0.5, 0.6) is 0 Å². The molecule has 2 aliphatic rings. The van der Waals surface area contributed by atoms with Crippen LogP contribution in [-0.4, -0.2) is 24.2 Å². The zero-order valence-electron chi connectivity index (χ0n) is 11.8. The molecule has 1 aliphatic carbocycles. The second-order valence-electron chi connectivity index (χ2n) is 6.35. The molecular weight excluding hydrogens is 252 g/mol. The van der Waals surface area contributed by atoms with E-state index in [9.17, 15) is 4.79 Å². The Morgan fingerprint density at radius 1 is 1.15 bits per heavy atom. The number of hydrogen-bond donors (Lipinski definition) is 2. The van der Waals surface area contributed by atoms with Gasteiger partial charge >= 0.3 is 5.97 Å². The summed E-state index contributed by atoms with van der Waals surface area (Å²) in [6.07, 6.45) is 8.10. The molecule has 20 heavy (non-hydrogen) atoms. The predicted molar refractivity (Wildman–Crippen MR) is 80.2 cm³/mol. The molecule has 4 heteroatoms. The van der Waals surface area contributed by atoms with Gasteiger partial charge in [0.25, 0.3) is 0 Å². The third-order valence-electron chi connectivity index (χ3n) is 4.83. The minimum Gasteiger partial charge on any atom is -0.478 e. The molecule has 3 N–H and O–H groups in total. The van der Waals surface area contributed by atoms with E-state index < -0.39 is 5.97 Å². The monoisotopic (exact) mass is 274 g/mol. The van der Waals surface area contributed by atoms with Crippen molar-refractivity contribution in [3.8, 4) is 0 Å². The number of nitrogen functional groups attached to an aromatic ring is 1. The highest BCUT2D eigenvalue weighted by atomic mass is 16.4. The molecule has 1 aromatic rings. The lowest BCUT2D eigenvalue weighted by molar-refractivity contribution is 0.0697. The highest BCUT2D eigenvalue weighted by molar-refractivity contribution is 5.90. The lowest BCUT2D eigenvalue weighted by Gasteiger charge is -2.52.